The van der Waals surface area contributed by atoms with Crippen LogP contribution in [0, 0.1) is 0 Å². The number of aromatic nitrogens is 3. The van der Waals surface area contributed by atoms with Crippen molar-refractivity contribution in [2.75, 3.05) is 7.05 Å². The van der Waals surface area contributed by atoms with Gasteiger partial charge in [-0.25, -0.2) is 9.48 Å². The van der Waals surface area contributed by atoms with Crippen LogP contribution in [0.1, 0.15) is 26.0 Å². The van der Waals surface area contributed by atoms with E-state index < -0.39 is 5.97 Å². The third-order valence-electron chi connectivity index (χ3n) is 2.88. The highest BCUT2D eigenvalue weighted by Gasteiger charge is 2.14. The van der Waals surface area contributed by atoms with Crippen LogP contribution in [-0.2, 0) is 17.9 Å². The molecule has 0 saturated heterocycles. The second-order valence-electron chi connectivity index (χ2n) is 4.33. The van der Waals surface area contributed by atoms with Gasteiger partial charge in [0.2, 0.25) is 0 Å². The van der Waals surface area contributed by atoms with Crippen molar-refractivity contribution in [3.05, 3.63) is 11.9 Å². The number of rotatable bonds is 6. The second-order valence-corrected chi connectivity index (χ2v) is 4.33. The summed E-state index contributed by atoms with van der Waals surface area (Å²) in [5.41, 5.74) is 0.521. The molecule has 0 aromatic carbocycles. The van der Waals surface area contributed by atoms with Gasteiger partial charge < -0.3 is 15.3 Å². The molecule has 0 fully saturated rings. The number of amides is 2. The van der Waals surface area contributed by atoms with E-state index in [0.29, 0.717) is 5.69 Å². The smallest absolute Gasteiger partial charge is 0.325 e. The molecule has 19 heavy (non-hydrogen) atoms. The molecule has 8 nitrogen and oxygen atoms in total. The summed E-state index contributed by atoms with van der Waals surface area (Å²) < 4.78 is 1.21. The predicted octanol–water partition coefficient (Wildman–Crippen LogP) is 0.303. The van der Waals surface area contributed by atoms with Crippen LogP contribution in [-0.4, -0.2) is 50.1 Å². The first-order valence-corrected chi connectivity index (χ1v) is 6.05. The summed E-state index contributed by atoms with van der Waals surface area (Å²) in [6, 6.07) is -0.0372. The van der Waals surface area contributed by atoms with E-state index in [2.05, 4.69) is 15.6 Å². The van der Waals surface area contributed by atoms with Gasteiger partial charge in [-0.2, -0.15) is 0 Å². The van der Waals surface area contributed by atoms with Crippen molar-refractivity contribution in [2.45, 2.75) is 39.4 Å². The molecule has 1 atom stereocenters. The number of carbonyl (C=O) groups is 2. The molecular weight excluding hydrogens is 250 g/mol. The quantitative estimate of drug-likeness (QED) is 0.773. The Morgan fingerprint density at radius 1 is 1.58 bits per heavy atom. The molecule has 106 valence electrons. The van der Waals surface area contributed by atoms with Crippen molar-refractivity contribution in [1.82, 2.24) is 25.2 Å². The molecule has 0 aliphatic heterocycles. The van der Waals surface area contributed by atoms with E-state index in [4.69, 9.17) is 5.11 Å². The molecule has 1 aromatic heterocycles. The van der Waals surface area contributed by atoms with Gasteiger partial charge >= 0.3 is 12.0 Å². The van der Waals surface area contributed by atoms with Gasteiger partial charge in [-0.3, -0.25) is 4.79 Å². The van der Waals surface area contributed by atoms with Gasteiger partial charge in [0.1, 0.15) is 12.2 Å². The van der Waals surface area contributed by atoms with Gasteiger partial charge in [0.05, 0.1) is 12.7 Å². The lowest BCUT2D eigenvalue weighted by Gasteiger charge is -2.23. The molecule has 0 bridgehead atoms. The van der Waals surface area contributed by atoms with Gasteiger partial charge in [-0.05, 0) is 13.3 Å². The monoisotopic (exact) mass is 269 g/mol. The number of nitrogens with zero attached hydrogens (tertiary/aromatic N) is 4. The molecule has 1 aromatic rings. The molecule has 0 aliphatic carbocycles. The van der Waals surface area contributed by atoms with Crippen molar-refractivity contribution in [1.29, 1.82) is 0 Å². The Morgan fingerprint density at radius 2 is 2.26 bits per heavy atom. The molecule has 0 saturated carbocycles. The number of hydrogen-bond donors (Lipinski definition) is 2. The Balaban J connectivity index is 2.46. The van der Waals surface area contributed by atoms with Crippen LogP contribution in [0.15, 0.2) is 6.20 Å². The molecule has 2 N–H and O–H groups in total. The number of hydrogen-bond acceptors (Lipinski definition) is 4. The summed E-state index contributed by atoms with van der Waals surface area (Å²) in [7, 11) is 1.73. The van der Waals surface area contributed by atoms with E-state index >= 15 is 0 Å². The maximum absolute atomic E-state index is 11.8. The first-order valence-electron chi connectivity index (χ1n) is 6.05. The molecule has 1 unspecified atom stereocenters. The van der Waals surface area contributed by atoms with E-state index in [1.165, 1.54) is 10.9 Å². The fourth-order valence-electron chi connectivity index (χ4n) is 1.40. The summed E-state index contributed by atoms with van der Waals surface area (Å²) in [5.74, 6) is -0.989. The van der Waals surface area contributed by atoms with Crippen LogP contribution in [0.4, 0.5) is 4.79 Å². The van der Waals surface area contributed by atoms with Crippen molar-refractivity contribution in [3.63, 3.8) is 0 Å². The van der Waals surface area contributed by atoms with E-state index in [1.807, 2.05) is 13.8 Å². The van der Waals surface area contributed by atoms with Gasteiger partial charge in [0.25, 0.3) is 0 Å². The standard InChI is InChI=1S/C11H19N5O3/c1-4-8(2)15(3)11(19)12-5-9-6-16(14-13-9)7-10(17)18/h6,8H,4-5,7H2,1-3H3,(H,12,19)(H,17,18). The van der Waals surface area contributed by atoms with E-state index in [9.17, 15) is 9.59 Å². The maximum Gasteiger partial charge on any atom is 0.325 e. The minimum absolute atomic E-state index is 0.155. The van der Waals surface area contributed by atoms with E-state index in [-0.39, 0.29) is 25.2 Å². The van der Waals surface area contributed by atoms with E-state index in [0.717, 1.165) is 6.42 Å². The number of carbonyl (C=O) groups excluding carboxylic acids is 1. The van der Waals surface area contributed by atoms with Crippen molar-refractivity contribution in [2.24, 2.45) is 0 Å². The lowest BCUT2D eigenvalue weighted by molar-refractivity contribution is -0.137. The Bertz CT molecular complexity index is 445. The van der Waals surface area contributed by atoms with Gasteiger partial charge in [-0.1, -0.05) is 12.1 Å². The predicted molar refractivity (Wildman–Crippen MR) is 67.4 cm³/mol. The van der Waals surface area contributed by atoms with Crippen LogP contribution in [0.3, 0.4) is 0 Å². The third kappa shape index (κ3) is 4.57. The topological polar surface area (TPSA) is 100 Å². The van der Waals surface area contributed by atoms with Gasteiger partial charge in [-0.15, -0.1) is 5.10 Å². The summed E-state index contributed by atoms with van der Waals surface area (Å²) in [5, 5.41) is 18.7. The van der Waals surface area contributed by atoms with E-state index in [1.54, 1.807) is 11.9 Å². The SMILES string of the molecule is CCC(C)N(C)C(=O)NCc1cn(CC(=O)O)nn1. The van der Waals surface area contributed by atoms with Crippen LogP contribution < -0.4 is 5.32 Å². The van der Waals surface area contributed by atoms with Gasteiger partial charge in [0.15, 0.2) is 0 Å². The highest BCUT2D eigenvalue weighted by molar-refractivity contribution is 5.74. The lowest BCUT2D eigenvalue weighted by atomic mass is 10.2. The number of urea groups is 1. The average molecular weight is 269 g/mol. The normalized spacial score (nSPS) is 11.9. The zero-order valence-corrected chi connectivity index (χ0v) is 11.3. The molecule has 0 radical (unpaired) electrons. The van der Waals surface area contributed by atoms with Crippen molar-refractivity contribution >= 4 is 12.0 Å². The van der Waals surface area contributed by atoms with Crippen LogP contribution in [0.25, 0.3) is 0 Å². The second kappa shape index (κ2) is 6.72. The first kappa shape index (κ1) is 14.9. The molecule has 1 heterocycles. The summed E-state index contributed by atoms with van der Waals surface area (Å²) in [4.78, 5) is 23.9. The molecule has 8 heteroatoms. The fourth-order valence-corrected chi connectivity index (χ4v) is 1.40. The van der Waals surface area contributed by atoms with Crippen molar-refractivity contribution < 1.29 is 14.7 Å². The minimum atomic E-state index is -0.989. The Labute approximate surface area is 111 Å². The largest absolute Gasteiger partial charge is 0.480 e. The minimum Gasteiger partial charge on any atom is -0.480 e. The number of aliphatic carboxylic acids is 1. The molecule has 1 rings (SSSR count). The fraction of sp³-hybridized carbons (Fsp3) is 0.636. The summed E-state index contributed by atoms with van der Waals surface area (Å²) in [6.07, 6.45) is 2.37. The highest BCUT2D eigenvalue weighted by Crippen LogP contribution is 2.01. The summed E-state index contributed by atoms with van der Waals surface area (Å²) >= 11 is 0. The van der Waals surface area contributed by atoms with Crippen LogP contribution in [0.5, 0.6) is 0 Å². The number of carboxylic acids is 1. The first-order chi connectivity index (χ1) is 8.93. The molecular formula is C11H19N5O3. The van der Waals surface area contributed by atoms with Gasteiger partial charge in [0, 0.05) is 13.1 Å². The Hall–Kier alpha value is -2.12. The Morgan fingerprint density at radius 3 is 2.84 bits per heavy atom. The number of nitrogens with one attached hydrogen (secondary N) is 1. The average Bonchev–Trinajstić information content (AvgIpc) is 2.80. The zero-order valence-electron chi connectivity index (χ0n) is 11.3. The number of carboxylic acid groups (broad SMARTS) is 1. The van der Waals surface area contributed by atoms with Crippen molar-refractivity contribution in [3.8, 4) is 0 Å². The zero-order chi connectivity index (χ0) is 14.4. The lowest BCUT2D eigenvalue weighted by Crippen LogP contribution is -2.41. The summed E-state index contributed by atoms with van der Waals surface area (Å²) in [6.45, 7) is 3.95. The molecule has 0 spiro atoms. The highest BCUT2D eigenvalue weighted by atomic mass is 16.4. The third-order valence-corrected chi connectivity index (χ3v) is 2.88. The molecule has 0 aliphatic rings. The van der Waals surface area contributed by atoms with Crippen LogP contribution >= 0.6 is 0 Å². The maximum atomic E-state index is 11.8. The molecule has 2 amide bonds. The van der Waals surface area contributed by atoms with Crippen LogP contribution in [0.2, 0.25) is 0 Å². The Kier molecular flexibility index (Phi) is 5.28.